The second kappa shape index (κ2) is 7.48. The van der Waals surface area contributed by atoms with Crippen molar-refractivity contribution in [1.29, 1.82) is 0 Å². The lowest BCUT2D eigenvalue weighted by Crippen LogP contribution is -2.28. The normalized spacial score (nSPS) is 10.4. The molecule has 0 aliphatic heterocycles. The van der Waals surface area contributed by atoms with Crippen molar-refractivity contribution < 1.29 is 14.1 Å². The third kappa shape index (κ3) is 4.06. The predicted molar refractivity (Wildman–Crippen MR) is 94.6 cm³/mol. The van der Waals surface area contributed by atoms with Crippen LogP contribution in [0, 0.1) is 15.9 Å². The molecule has 0 heterocycles. The summed E-state index contributed by atoms with van der Waals surface area (Å²) >= 11 is 6.00. The molecule has 1 amide bonds. The maximum absolute atomic E-state index is 13.9. The molecule has 2 rings (SSSR count). The molecular weight excluding hydrogens is 349 g/mol. The second-order valence-corrected chi connectivity index (χ2v) is 6.12. The first-order chi connectivity index (χ1) is 11.7. The summed E-state index contributed by atoms with van der Waals surface area (Å²) in [7, 11) is 4.95. The number of carbonyl (C=O) groups excluding carboxylic acids is 1. The number of non-ortho nitro benzene ring substituents is 1. The van der Waals surface area contributed by atoms with Crippen LogP contribution >= 0.6 is 11.6 Å². The fourth-order valence-electron chi connectivity index (χ4n) is 2.40. The lowest BCUT2D eigenvalue weighted by molar-refractivity contribution is -0.384. The number of nitro groups is 1. The number of halogens is 2. The summed E-state index contributed by atoms with van der Waals surface area (Å²) in [5.41, 5.74) is 0.694. The van der Waals surface area contributed by atoms with Crippen LogP contribution in [0.15, 0.2) is 36.4 Å². The Morgan fingerprint density at radius 2 is 1.92 bits per heavy atom. The molecule has 0 saturated carbocycles. The summed E-state index contributed by atoms with van der Waals surface area (Å²) in [5, 5.41) is 11.2. The fourth-order valence-corrected chi connectivity index (χ4v) is 2.62. The van der Waals surface area contributed by atoms with E-state index in [1.54, 1.807) is 19.0 Å². The van der Waals surface area contributed by atoms with Crippen LogP contribution in [-0.4, -0.2) is 36.9 Å². The van der Waals surface area contributed by atoms with Gasteiger partial charge in [-0.25, -0.2) is 4.39 Å². The molecule has 8 heteroatoms. The van der Waals surface area contributed by atoms with E-state index in [1.807, 2.05) is 0 Å². The maximum Gasteiger partial charge on any atom is 0.270 e. The lowest BCUT2D eigenvalue weighted by Gasteiger charge is -2.22. The Balaban J connectivity index is 2.38. The van der Waals surface area contributed by atoms with Crippen LogP contribution in [0.2, 0.25) is 5.02 Å². The van der Waals surface area contributed by atoms with Crippen molar-refractivity contribution in [3.05, 3.63) is 68.5 Å². The van der Waals surface area contributed by atoms with Crippen LogP contribution < -0.4 is 4.90 Å². The summed E-state index contributed by atoms with van der Waals surface area (Å²) in [6.45, 7) is -0.0557. The van der Waals surface area contributed by atoms with E-state index in [-0.39, 0.29) is 28.4 Å². The molecule has 2 aromatic rings. The molecule has 2 aromatic carbocycles. The summed E-state index contributed by atoms with van der Waals surface area (Å²) in [5.74, 6) is -0.981. The number of hydrogen-bond donors (Lipinski definition) is 0. The van der Waals surface area contributed by atoms with Gasteiger partial charge in [0, 0.05) is 56.1 Å². The monoisotopic (exact) mass is 365 g/mol. The molecule has 0 atom stereocenters. The van der Waals surface area contributed by atoms with Gasteiger partial charge in [0.05, 0.1) is 10.5 Å². The highest BCUT2D eigenvalue weighted by Crippen LogP contribution is 2.27. The standard InChI is InChI=1S/C17H17ClFN3O3/c1-20(2)16-8-7-11(22(24)25)9-12(16)17(23)21(3)10-13-14(18)5-4-6-15(13)19/h4-9H,10H2,1-3H3. The molecule has 25 heavy (non-hydrogen) atoms. The quantitative estimate of drug-likeness (QED) is 0.598. The van der Waals surface area contributed by atoms with E-state index in [0.717, 1.165) is 0 Å². The molecule has 0 bridgehead atoms. The summed E-state index contributed by atoms with van der Waals surface area (Å²) in [4.78, 5) is 26.2. The minimum Gasteiger partial charge on any atom is -0.377 e. The van der Waals surface area contributed by atoms with E-state index in [0.29, 0.717) is 5.69 Å². The third-order valence-corrected chi connectivity index (χ3v) is 4.06. The molecule has 0 aliphatic carbocycles. The van der Waals surface area contributed by atoms with Gasteiger partial charge in [0.15, 0.2) is 0 Å². The van der Waals surface area contributed by atoms with Gasteiger partial charge in [-0.1, -0.05) is 17.7 Å². The molecule has 6 nitrogen and oxygen atoms in total. The molecule has 0 N–H and O–H groups in total. The first-order valence-electron chi connectivity index (χ1n) is 7.36. The van der Waals surface area contributed by atoms with Crippen LogP contribution in [0.25, 0.3) is 0 Å². The molecule has 0 spiro atoms. The molecule has 0 radical (unpaired) electrons. The Labute approximate surface area is 149 Å². The van der Waals surface area contributed by atoms with Crippen LogP contribution in [-0.2, 0) is 6.54 Å². The van der Waals surface area contributed by atoms with Crippen molar-refractivity contribution in [2.45, 2.75) is 6.54 Å². The predicted octanol–water partition coefficient (Wildman–Crippen LogP) is 3.73. The Hall–Kier alpha value is -2.67. The van der Waals surface area contributed by atoms with Gasteiger partial charge < -0.3 is 9.80 Å². The van der Waals surface area contributed by atoms with Gasteiger partial charge in [-0.3, -0.25) is 14.9 Å². The smallest absolute Gasteiger partial charge is 0.270 e. The van der Waals surface area contributed by atoms with Crippen molar-refractivity contribution in [3.63, 3.8) is 0 Å². The average Bonchev–Trinajstić information content (AvgIpc) is 2.56. The average molecular weight is 366 g/mol. The molecule has 0 aliphatic rings. The Kier molecular flexibility index (Phi) is 5.58. The second-order valence-electron chi connectivity index (χ2n) is 5.71. The number of amides is 1. The van der Waals surface area contributed by atoms with Crippen molar-refractivity contribution in [3.8, 4) is 0 Å². The molecular formula is C17H17ClFN3O3. The van der Waals surface area contributed by atoms with Gasteiger partial charge in [0.1, 0.15) is 5.82 Å². The zero-order valence-corrected chi connectivity index (χ0v) is 14.7. The first-order valence-corrected chi connectivity index (χ1v) is 7.74. The van der Waals surface area contributed by atoms with Crippen LogP contribution in [0.4, 0.5) is 15.8 Å². The number of hydrogen-bond acceptors (Lipinski definition) is 4. The molecule has 0 saturated heterocycles. The molecule has 0 fully saturated rings. The Bertz CT molecular complexity index is 807. The largest absolute Gasteiger partial charge is 0.377 e. The van der Waals surface area contributed by atoms with E-state index in [1.165, 1.54) is 48.3 Å². The number of nitrogens with zero attached hydrogens (tertiary/aromatic N) is 3. The number of benzene rings is 2. The molecule has 0 aromatic heterocycles. The Morgan fingerprint density at radius 1 is 1.24 bits per heavy atom. The summed E-state index contributed by atoms with van der Waals surface area (Å²) in [6, 6.07) is 8.34. The van der Waals surface area contributed by atoms with Gasteiger partial charge in [0.2, 0.25) is 0 Å². The molecule has 132 valence electrons. The van der Waals surface area contributed by atoms with E-state index >= 15 is 0 Å². The van der Waals surface area contributed by atoms with Gasteiger partial charge in [-0.2, -0.15) is 0 Å². The Morgan fingerprint density at radius 3 is 2.48 bits per heavy atom. The number of carbonyl (C=O) groups is 1. The fraction of sp³-hybridized carbons (Fsp3) is 0.235. The topological polar surface area (TPSA) is 66.7 Å². The van der Waals surface area contributed by atoms with Crippen molar-refractivity contribution in [2.24, 2.45) is 0 Å². The zero-order chi connectivity index (χ0) is 18.7. The summed E-state index contributed by atoms with van der Waals surface area (Å²) < 4.78 is 13.9. The zero-order valence-electron chi connectivity index (χ0n) is 14.0. The van der Waals surface area contributed by atoms with Gasteiger partial charge in [-0.15, -0.1) is 0 Å². The summed E-state index contributed by atoms with van der Waals surface area (Å²) in [6.07, 6.45) is 0. The van der Waals surface area contributed by atoms with Crippen molar-refractivity contribution in [1.82, 2.24) is 4.90 Å². The van der Waals surface area contributed by atoms with E-state index in [4.69, 9.17) is 11.6 Å². The number of anilines is 1. The van der Waals surface area contributed by atoms with Crippen molar-refractivity contribution >= 4 is 28.9 Å². The number of nitro benzene ring substituents is 1. The minimum absolute atomic E-state index is 0.0557. The first kappa shape index (κ1) is 18.7. The van der Waals surface area contributed by atoms with E-state index in [9.17, 15) is 19.3 Å². The van der Waals surface area contributed by atoms with E-state index < -0.39 is 16.6 Å². The van der Waals surface area contributed by atoms with Crippen LogP contribution in [0.1, 0.15) is 15.9 Å². The minimum atomic E-state index is -0.566. The lowest BCUT2D eigenvalue weighted by atomic mass is 10.1. The van der Waals surface area contributed by atoms with Gasteiger partial charge >= 0.3 is 0 Å². The van der Waals surface area contributed by atoms with Gasteiger partial charge in [0.25, 0.3) is 11.6 Å². The van der Waals surface area contributed by atoms with E-state index in [2.05, 4.69) is 0 Å². The third-order valence-electron chi connectivity index (χ3n) is 3.71. The van der Waals surface area contributed by atoms with Crippen molar-refractivity contribution in [2.75, 3.05) is 26.0 Å². The van der Waals surface area contributed by atoms with Gasteiger partial charge in [-0.05, 0) is 18.2 Å². The highest BCUT2D eigenvalue weighted by Gasteiger charge is 2.22. The molecule has 0 unspecified atom stereocenters. The highest BCUT2D eigenvalue weighted by molar-refractivity contribution is 6.31. The van der Waals surface area contributed by atoms with Crippen LogP contribution in [0.5, 0.6) is 0 Å². The van der Waals surface area contributed by atoms with Crippen LogP contribution in [0.3, 0.4) is 0 Å². The highest BCUT2D eigenvalue weighted by atomic mass is 35.5. The maximum atomic E-state index is 13.9. The SMILES string of the molecule is CN(Cc1c(F)cccc1Cl)C(=O)c1cc([N+](=O)[O-])ccc1N(C)C. The number of rotatable bonds is 5.